The molecule has 1 amide bonds. The van der Waals surface area contributed by atoms with Crippen LogP contribution in [0.15, 0.2) is 12.1 Å². The Kier molecular flexibility index (Phi) is 3.95. The van der Waals surface area contributed by atoms with Gasteiger partial charge in [0.15, 0.2) is 11.5 Å². The minimum Gasteiger partial charge on any atom is -0.486 e. The number of nitrogens with zero attached hydrogens (tertiary/aromatic N) is 1. The molecule has 1 saturated heterocycles. The molecule has 0 N–H and O–H groups in total. The zero-order valence-electron chi connectivity index (χ0n) is 12.1. The fourth-order valence-electron chi connectivity index (χ4n) is 2.59. The molecule has 114 valence electrons. The van der Waals surface area contributed by atoms with E-state index < -0.39 is 0 Å². The normalized spacial score (nSPS) is 24.8. The molecule has 1 aromatic rings. The van der Waals surface area contributed by atoms with Gasteiger partial charge in [0.25, 0.3) is 5.91 Å². The van der Waals surface area contributed by atoms with Crippen LogP contribution in [0.2, 0.25) is 5.02 Å². The van der Waals surface area contributed by atoms with E-state index in [1.54, 1.807) is 12.1 Å². The largest absolute Gasteiger partial charge is 0.486 e. The van der Waals surface area contributed by atoms with Crippen LogP contribution in [-0.4, -0.2) is 49.3 Å². The van der Waals surface area contributed by atoms with E-state index in [4.69, 9.17) is 25.8 Å². The first kappa shape index (κ1) is 14.5. The molecule has 1 aromatic carbocycles. The third kappa shape index (κ3) is 2.80. The van der Waals surface area contributed by atoms with Crippen molar-refractivity contribution in [1.82, 2.24) is 4.90 Å². The van der Waals surface area contributed by atoms with Crippen LogP contribution < -0.4 is 9.47 Å². The van der Waals surface area contributed by atoms with Crippen molar-refractivity contribution in [2.24, 2.45) is 0 Å². The second-order valence-electron chi connectivity index (χ2n) is 5.43. The standard InChI is InChI=1S/C15H18ClNO4/c1-9-8-21-10(2)7-17(9)15(18)11-5-12(16)14-13(6-11)19-3-4-20-14/h5-6,9-10H,3-4,7-8H2,1-2H3. The van der Waals surface area contributed by atoms with Crippen LogP contribution in [0.25, 0.3) is 0 Å². The molecule has 0 spiro atoms. The molecule has 2 aliphatic heterocycles. The smallest absolute Gasteiger partial charge is 0.254 e. The van der Waals surface area contributed by atoms with Crippen molar-refractivity contribution in [3.05, 3.63) is 22.7 Å². The highest BCUT2D eigenvalue weighted by molar-refractivity contribution is 6.32. The molecule has 0 aromatic heterocycles. The van der Waals surface area contributed by atoms with Gasteiger partial charge in [0, 0.05) is 12.1 Å². The average Bonchev–Trinajstić information content (AvgIpc) is 2.49. The second kappa shape index (κ2) is 5.73. The lowest BCUT2D eigenvalue weighted by molar-refractivity contribution is -0.0387. The van der Waals surface area contributed by atoms with Crippen LogP contribution in [0.5, 0.6) is 11.5 Å². The van der Waals surface area contributed by atoms with E-state index in [9.17, 15) is 4.79 Å². The number of fused-ring (bicyclic) bond motifs is 1. The molecule has 2 heterocycles. The highest BCUT2D eigenvalue weighted by atomic mass is 35.5. The fraction of sp³-hybridized carbons (Fsp3) is 0.533. The summed E-state index contributed by atoms with van der Waals surface area (Å²) >= 11 is 6.19. The van der Waals surface area contributed by atoms with Crippen LogP contribution in [0, 0.1) is 0 Å². The van der Waals surface area contributed by atoms with E-state index in [2.05, 4.69) is 0 Å². The van der Waals surface area contributed by atoms with Gasteiger partial charge in [0.1, 0.15) is 13.2 Å². The third-order valence-corrected chi connectivity index (χ3v) is 3.99. The van der Waals surface area contributed by atoms with Gasteiger partial charge in [-0.2, -0.15) is 0 Å². The first-order valence-electron chi connectivity index (χ1n) is 7.08. The molecule has 3 rings (SSSR count). The lowest BCUT2D eigenvalue weighted by atomic mass is 10.1. The van der Waals surface area contributed by atoms with Gasteiger partial charge >= 0.3 is 0 Å². The molecule has 21 heavy (non-hydrogen) atoms. The Balaban J connectivity index is 1.89. The van der Waals surface area contributed by atoms with E-state index in [0.29, 0.717) is 48.5 Å². The van der Waals surface area contributed by atoms with Crippen molar-refractivity contribution in [3.8, 4) is 11.5 Å². The van der Waals surface area contributed by atoms with Crippen molar-refractivity contribution in [2.45, 2.75) is 26.0 Å². The second-order valence-corrected chi connectivity index (χ2v) is 5.84. The maximum absolute atomic E-state index is 12.7. The van der Waals surface area contributed by atoms with E-state index in [1.165, 1.54) is 0 Å². The number of hydrogen-bond donors (Lipinski definition) is 0. The van der Waals surface area contributed by atoms with Crippen LogP contribution in [0.3, 0.4) is 0 Å². The molecular formula is C15H18ClNO4. The summed E-state index contributed by atoms with van der Waals surface area (Å²) < 4.78 is 16.6. The third-order valence-electron chi connectivity index (χ3n) is 3.71. The summed E-state index contributed by atoms with van der Waals surface area (Å²) in [5, 5.41) is 0.407. The van der Waals surface area contributed by atoms with Crippen molar-refractivity contribution in [3.63, 3.8) is 0 Å². The maximum atomic E-state index is 12.7. The molecule has 5 nitrogen and oxygen atoms in total. The van der Waals surface area contributed by atoms with Gasteiger partial charge < -0.3 is 19.1 Å². The fourth-order valence-corrected chi connectivity index (χ4v) is 2.85. The van der Waals surface area contributed by atoms with Gasteiger partial charge in [-0.1, -0.05) is 11.6 Å². The average molecular weight is 312 g/mol. The molecule has 0 aliphatic carbocycles. The minimum atomic E-state index is -0.0588. The van der Waals surface area contributed by atoms with Crippen molar-refractivity contribution in [2.75, 3.05) is 26.4 Å². The molecule has 2 atom stereocenters. The van der Waals surface area contributed by atoms with Gasteiger partial charge in [-0.15, -0.1) is 0 Å². The number of benzene rings is 1. The number of rotatable bonds is 1. The Morgan fingerprint density at radius 2 is 2.05 bits per heavy atom. The van der Waals surface area contributed by atoms with Crippen LogP contribution in [0.4, 0.5) is 0 Å². The van der Waals surface area contributed by atoms with Gasteiger partial charge in [0.05, 0.1) is 23.8 Å². The molecule has 1 fully saturated rings. The van der Waals surface area contributed by atoms with E-state index in [0.717, 1.165) is 0 Å². The summed E-state index contributed by atoms with van der Waals surface area (Å²) in [6, 6.07) is 3.39. The van der Waals surface area contributed by atoms with Gasteiger partial charge in [-0.05, 0) is 26.0 Å². The zero-order valence-corrected chi connectivity index (χ0v) is 12.9. The summed E-state index contributed by atoms with van der Waals surface area (Å²) in [6.45, 7) is 5.99. The van der Waals surface area contributed by atoms with Crippen molar-refractivity contribution in [1.29, 1.82) is 0 Å². The Morgan fingerprint density at radius 3 is 2.86 bits per heavy atom. The van der Waals surface area contributed by atoms with Crippen molar-refractivity contribution >= 4 is 17.5 Å². The molecule has 2 unspecified atom stereocenters. The van der Waals surface area contributed by atoms with Crippen molar-refractivity contribution < 1.29 is 19.0 Å². The molecular weight excluding hydrogens is 294 g/mol. The number of amides is 1. The van der Waals surface area contributed by atoms with Gasteiger partial charge in [0.2, 0.25) is 0 Å². The zero-order chi connectivity index (χ0) is 15.0. The number of halogens is 1. The first-order chi connectivity index (χ1) is 10.1. The maximum Gasteiger partial charge on any atom is 0.254 e. The summed E-state index contributed by atoms with van der Waals surface area (Å²) in [6.07, 6.45) is 0.0397. The van der Waals surface area contributed by atoms with E-state index in [-0.39, 0.29) is 18.1 Å². The highest BCUT2D eigenvalue weighted by Gasteiger charge is 2.29. The molecule has 0 saturated carbocycles. The van der Waals surface area contributed by atoms with Gasteiger partial charge in [-0.25, -0.2) is 0 Å². The number of hydrogen-bond acceptors (Lipinski definition) is 4. The number of morpholine rings is 1. The molecule has 6 heteroatoms. The lowest BCUT2D eigenvalue weighted by Crippen LogP contribution is -2.50. The summed E-state index contributed by atoms with van der Waals surface area (Å²) in [5.74, 6) is 0.991. The summed E-state index contributed by atoms with van der Waals surface area (Å²) in [4.78, 5) is 14.5. The topological polar surface area (TPSA) is 48.0 Å². The molecule has 2 aliphatic rings. The predicted octanol–water partition coefficient (Wildman–Crippen LogP) is 2.36. The number of carbonyl (C=O) groups excluding carboxylic acids is 1. The molecule has 0 bridgehead atoms. The van der Waals surface area contributed by atoms with E-state index in [1.807, 2.05) is 18.7 Å². The Hall–Kier alpha value is -1.46. The summed E-state index contributed by atoms with van der Waals surface area (Å²) in [7, 11) is 0. The highest BCUT2D eigenvalue weighted by Crippen LogP contribution is 2.38. The van der Waals surface area contributed by atoms with Gasteiger partial charge in [-0.3, -0.25) is 4.79 Å². The van der Waals surface area contributed by atoms with E-state index >= 15 is 0 Å². The lowest BCUT2D eigenvalue weighted by Gasteiger charge is -2.37. The number of ether oxygens (including phenoxy) is 3. The Labute approximate surface area is 128 Å². The molecule has 0 radical (unpaired) electrons. The SMILES string of the molecule is CC1CN(C(=O)c2cc(Cl)c3c(c2)OCCO3)C(C)CO1. The van der Waals surface area contributed by atoms with Crippen LogP contribution >= 0.6 is 11.6 Å². The Bertz CT molecular complexity index is 563. The number of carbonyl (C=O) groups is 1. The minimum absolute atomic E-state index is 0.0397. The first-order valence-corrected chi connectivity index (χ1v) is 7.45. The van der Waals surface area contributed by atoms with Crippen LogP contribution in [0.1, 0.15) is 24.2 Å². The summed E-state index contributed by atoms with van der Waals surface area (Å²) in [5.41, 5.74) is 0.519. The monoisotopic (exact) mass is 311 g/mol. The van der Waals surface area contributed by atoms with Crippen LogP contribution in [-0.2, 0) is 4.74 Å². The quantitative estimate of drug-likeness (QED) is 0.799. The predicted molar refractivity (Wildman–Crippen MR) is 78.4 cm³/mol. The Morgan fingerprint density at radius 1 is 1.29 bits per heavy atom.